The number of aromatic nitrogens is 3. The van der Waals surface area contributed by atoms with E-state index in [-0.39, 0.29) is 11.5 Å². The molecule has 2 aromatic heterocycles. The van der Waals surface area contributed by atoms with Crippen LogP contribution in [0.5, 0.6) is 5.75 Å². The zero-order valence-electron chi connectivity index (χ0n) is 15.6. The van der Waals surface area contributed by atoms with Crippen LogP contribution in [0.2, 0.25) is 0 Å². The van der Waals surface area contributed by atoms with Crippen LogP contribution in [0.3, 0.4) is 0 Å². The van der Waals surface area contributed by atoms with Crippen LogP contribution in [0, 0.1) is 13.8 Å². The highest BCUT2D eigenvalue weighted by molar-refractivity contribution is 6.08. The maximum Gasteiger partial charge on any atom is 0.189 e. The highest BCUT2D eigenvalue weighted by atomic mass is 16.3. The van der Waals surface area contributed by atoms with Gasteiger partial charge in [-0.3, -0.25) is 14.3 Å². The number of allylic oxidation sites excluding steroid dienone is 1. The van der Waals surface area contributed by atoms with Gasteiger partial charge in [0.05, 0.1) is 17.3 Å². The molecule has 0 atom stereocenters. The summed E-state index contributed by atoms with van der Waals surface area (Å²) in [6.07, 6.45) is 6.73. The summed E-state index contributed by atoms with van der Waals surface area (Å²) in [4.78, 5) is 21.0. The summed E-state index contributed by atoms with van der Waals surface area (Å²) in [5, 5.41) is 9.89. The van der Waals surface area contributed by atoms with Gasteiger partial charge in [-0.05, 0) is 55.8 Å². The maximum absolute atomic E-state index is 12.4. The monoisotopic (exact) mass is 369 g/mol. The van der Waals surface area contributed by atoms with Crippen LogP contribution < -0.4 is 0 Å². The van der Waals surface area contributed by atoms with Crippen LogP contribution in [-0.2, 0) is 0 Å². The van der Waals surface area contributed by atoms with Gasteiger partial charge in [-0.15, -0.1) is 0 Å². The third kappa shape index (κ3) is 3.30. The van der Waals surface area contributed by atoms with Crippen molar-refractivity contribution in [3.05, 3.63) is 89.5 Å². The summed E-state index contributed by atoms with van der Waals surface area (Å²) in [6.45, 7) is 3.84. The molecule has 0 fully saturated rings. The highest BCUT2D eigenvalue weighted by Crippen LogP contribution is 2.22. The van der Waals surface area contributed by atoms with Crippen molar-refractivity contribution >= 4 is 22.9 Å². The first-order chi connectivity index (χ1) is 13.5. The number of carbonyl (C=O) groups excluding carboxylic acids is 1. The first kappa shape index (κ1) is 17.7. The molecule has 0 unspecified atom stereocenters. The molecule has 5 heteroatoms. The van der Waals surface area contributed by atoms with Crippen molar-refractivity contribution in [1.29, 1.82) is 0 Å². The second-order valence-corrected chi connectivity index (χ2v) is 6.67. The summed E-state index contributed by atoms with van der Waals surface area (Å²) in [7, 11) is 0. The maximum atomic E-state index is 12.4. The van der Waals surface area contributed by atoms with Gasteiger partial charge in [-0.2, -0.15) is 0 Å². The van der Waals surface area contributed by atoms with Crippen molar-refractivity contribution in [2.75, 3.05) is 0 Å². The zero-order chi connectivity index (χ0) is 19.7. The second kappa shape index (κ2) is 7.12. The summed E-state index contributed by atoms with van der Waals surface area (Å²) >= 11 is 0. The summed E-state index contributed by atoms with van der Waals surface area (Å²) in [5.74, 6) is 0.651. The number of phenolic OH excluding ortho intramolecular Hbond substituents is 1. The molecule has 0 radical (unpaired) electrons. The molecule has 2 aromatic carbocycles. The normalized spacial score (nSPS) is 11.4. The number of fused-ring (bicyclic) bond motifs is 1. The van der Waals surface area contributed by atoms with Crippen LogP contribution in [0.25, 0.3) is 22.8 Å². The fourth-order valence-corrected chi connectivity index (χ4v) is 3.22. The number of carbonyl (C=O) groups is 1. The second-order valence-electron chi connectivity index (χ2n) is 6.67. The quantitative estimate of drug-likeness (QED) is 0.420. The molecule has 4 aromatic rings. The number of aryl methyl sites for hydroxylation is 2. The molecule has 0 saturated heterocycles. The molecular weight excluding hydrogens is 350 g/mol. The minimum absolute atomic E-state index is 0.00690. The van der Waals surface area contributed by atoms with Crippen LogP contribution in [0.1, 0.15) is 27.3 Å². The van der Waals surface area contributed by atoms with Gasteiger partial charge < -0.3 is 5.11 Å². The molecule has 0 spiro atoms. The lowest BCUT2D eigenvalue weighted by Gasteiger charge is -2.07. The molecular formula is C23H19N3O2. The number of rotatable bonds is 4. The smallest absolute Gasteiger partial charge is 0.189 e. The molecule has 28 heavy (non-hydrogen) atoms. The van der Waals surface area contributed by atoms with Gasteiger partial charge in [0.15, 0.2) is 5.78 Å². The lowest BCUT2D eigenvalue weighted by atomic mass is 10.1. The predicted octanol–water partition coefficient (Wildman–Crippen LogP) is 4.64. The molecule has 2 heterocycles. The zero-order valence-corrected chi connectivity index (χ0v) is 15.6. The average Bonchev–Trinajstić information content (AvgIpc) is 3.04. The first-order valence-electron chi connectivity index (χ1n) is 8.94. The minimum Gasteiger partial charge on any atom is -0.507 e. The highest BCUT2D eigenvalue weighted by Gasteiger charge is 2.10. The van der Waals surface area contributed by atoms with Crippen molar-refractivity contribution in [2.45, 2.75) is 13.8 Å². The van der Waals surface area contributed by atoms with Gasteiger partial charge in [0.25, 0.3) is 0 Å². The van der Waals surface area contributed by atoms with E-state index in [4.69, 9.17) is 0 Å². The third-order valence-corrected chi connectivity index (χ3v) is 4.62. The molecule has 0 aliphatic heterocycles. The Morgan fingerprint density at radius 1 is 1.07 bits per heavy atom. The van der Waals surface area contributed by atoms with Crippen LogP contribution >= 0.6 is 0 Å². The Labute approximate surface area is 162 Å². The number of phenols is 1. The molecule has 0 aliphatic carbocycles. The molecule has 0 amide bonds. The van der Waals surface area contributed by atoms with Gasteiger partial charge in [0.1, 0.15) is 17.1 Å². The minimum atomic E-state index is -0.228. The lowest BCUT2D eigenvalue weighted by molar-refractivity contribution is 0.104. The first-order valence-corrected chi connectivity index (χ1v) is 8.94. The van der Waals surface area contributed by atoms with Crippen molar-refractivity contribution in [1.82, 2.24) is 14.5 Å². The van der Waals surface area contributed by atoms with Gasteiger partial charge in [0.2, 0.25) is 0 Å². The molecule has 0 bridgehead atoms. The number of hydrogen-bond acceptors (Lipinski definition) is 4. The molecule has 1 N–H and O–H groups in total. The van der Waals surface area contributed by atoms with E-state index in [0.29, 0.717) is 5.56 Å². The summed E-state index contributed by atoms with van der Waals surface area (Å²) < 4.78 is 2.07. The number of ketones is 1. The van der Waals surface area contributed by atoms with Gasteiger partial charge in [0, 0.05) is 11.9 Å². The van der Waals surface area contributed by atoms with E-state index in [1.54, 1.807) is 36.7 Å². The van der Waals surface area contributed by atoms with Crippen molar-refractivity contribution in [3.8, 4) is 11.4 Å². The summed E-state index contributed by atoms with van der Waals surface area (Å²) in [5.41, 5.74) is 4.98. The van der Waals surface area contributed by atoms with Crippen LogP contribution in [-0.4, -0.2) is 25.4 Å². The Balaban J connectivity index is 1.60. The van der Waals surface area contributed by atoms with Crippen molar-refractivity contribution < 1.29 is 9.90 Å². The largest absolute Gasteiger partial charge is 0.507 e. The topological polar surface area (TPSA) is 68.0 Å². The number of pyridine rings is 1. The summed E-state index contributed by atoms with van der Waals surface area (Å²) in [6, 6.07) is 14.8. The van der Waals surface area contributed by atoms with E-state index < -0.39 is 0 Å². The van der Waals surface area contributed by atoms with E-state index in [9.17, 15) is 9.90 Å². The standard InChI is InChI=1S/C23H19N3O2/c1-15-3-9-22(27)19(13-15)23(28)10-6-17-4-7-18(8-5-17)26-16(2)25-20-14-24-12-11-21(20)26/h3-14,27H,1-2H3. The van der Waals surface area contributed by atoms with Crippen LogP contribution in [0.4, 0.5) is 0 Å². The fraction of sp³-hybridized carbons (Fsp3) is 0.0870. The molecule has 0 saturated carbocycles. The number of imidazole rings is 1. The molecule has 138 valence electrons. The Bertz CT molecular complexity index is 1200. The fourth-order valence-electron chi connectivity index (χ4n) is 3.22. The SMILES string of the molecule is Cc1ccc(O)c(C(=O)C=Cc2ccc(-n3c(C)nc4cnccc43)cc2)c1. The predicted molar refractivity (Wildman–Crippen MR) is 110 cm³/mol. The van der Waals surface area contributed by atoms with Gasteiger partial charge in [-0.1, -0.05) is 29.8 Å². The Morgan fingerprint density at radius 2 is 1.86 bits per heavy atom. The number of benzene rings is 2. The van der Waals surface area contributed by atoms with Gasteiger partial charge in [-0.25, -0.2) is 4.98 Å². The Kier molecular flexibility index (Phi) is 4.49. The number of aromatic hydroxyl groups is 1. The Hall–Kier alpha value is -3.73. The molecule has 5 nitrogen and oxygen atoms in total. The van der Waals surface area contributed by atoms with E-state index in [0.717, 1.165) is 33.7 Å². The van der Waals surface area contributed by atoms with Crippen LogP contribution in [0.15, 0.2) is 67.0 Å². The third-order valence-electron chi connectivity index (χ3n) is 4.62. The lowest BCUT2D eigenvalue weighted by Crippen LogP contribution is -1.97. The average molecular weight is 369 g/mol. The van der Waals surface area contributed by atoms with E-state index in [2.05, 4.69) is 14.5 Å². The van der Waals surface area contributed by atoms with E-state index in [1.165, 1.54) is 6.08 Å². The number of hydrogen-bond donors (Lipinski definition) is 1. The van der Waals surface area contributed by atoms with Crippen molar-refractivity contribution in [3.63, 3.8) is 0 Å². The number of nitrogens with zero attached hydrogens (tertiary/aromatic N) is 3. The molecule has 4 rings (SSSR count). The van der Waals surface area contributed by atoms with Crippen molar-refractivity contribution in [2.24, 2.45) is 0 Å². The Morgan fingerprint density at radius 3 is 2.64 bits per heavy atom. The van der Waals surface area contributed by atoms with E-state index in [1.807, 2.05) is 44.2 Å². The molecule has 0 aliphatic rings. The van der Waals surface area contributed by atoms with E-state index >= 15 is 0 Å². The van der Waals surface area contributed by atoms with Gasteiger partial charge >= 0.3 is 0 Å².